The summed E-state index contributed by atoms with van der Waals surface area (Å²) < 4.78 is 53.9. The van der Waals surface area contributed by atoms with Crippen molar-refractivity contribution in [2.45, 2.75) is 117 Å². The Bertz CT molecular complexity index is 1250. The number of nitrogens with zero attached hydrogens (tertiary/aromatic N) is 2. The molecule has 0 radical (unpaired) electrons. The maximum atomic E-state index is 12.1. The molecule has 50 heavy (non-hydrogen) atoms. The van der Waals surface area contributed by atoms with Gasteiger partial charge < -0.3 is 47.4 Å². The Morgan fingerprint density at radius 2 is 0.680 bits per heavy atom. The molecule has 20 nitrogen and oxygen atoms in total. The molecule has 0 aromatic carbocycles. The Morgan fingerprint density at radius 3 is 0.940 bits per heavy atom. The molecule has 0 unspecified atom stereocenters. The summed E-state index contributed by atoms with van der Waals surface area (Å²) >= 11 is 0. The number of carbonyl (C=O) groups excluding carboxylic acids is 8. The minimum Gasteiger partial charge on any atom is -0.463 e. The van der Waals surface area contributed by atoms with Crippen LogP contribution in [0.3, 0.4) is 0 Å². The zero-order valence-corrected chi connectivity index (χ0v) is 28.6. The third-order valence-electron chi connectivity index (χ3n) is 6.47. The van der Waals surface area contributed by atoms with Crippen molar-refractivity contribution in [1.82, 2.24) is 0 Å². The van der Waals surface area contributed by atoms with E-state index >= 15 is 0 Å². The summed E-state index contributed by atoms with van der Waals surface area (Å²) in [6, 6.07) is 0. The van der Waals surface area contributed by atoms with E-state index in [0.717, 1.165) is 67.8 Å². The molecular weight excluding hydrogens is 676 g/mol. The van der Waals surface area contributed by atoms with E-state index in [1.165, 1.54) is 0 Å². The average molecular weight is 717 g/mol. The van der Waals surface area contributed by atoms with Crippen LogP contribution in [0.2, 0.25) is 0 Å². The fourth-order valence-electron chi connectivity index (χ4n) is 4.90. The molecule has 0 N–H and O–H groups in total. The molecule has 0 spiro atoms. The number of hydrogen-bond donors (Lipinski definition) is 0. The van der Waals surface area contributed by atoms with Crippen LogP contribution in [0, 0.1) is 0 Å². The second-order valence-electron chi connectivity index (χ2n) is 10.8. The van der Waals surface area contributed by atoms with Gasteiger partial charge in [0.2, 0.25) is 0 Å². The van der Waals surface area contributed by atoms with Crippen LogP contribution in [0.15, 0.2) is 9.98 Å². The Hall–Kier alpha value is -4.98. The normalized spacial score (nSPS) is 29.3. The SMILES string of the molecule is CC(=O)OC[C@H]1O[C@@H](N=C/C=N/[C@@H]2O[C@H](COC(C)=O)[C@@H](OC(C)=O)[C@H](OC(C)=O)[C@H]2OC(C)=O)[C@H](OC(C)=O)[C@@H](OC(C)=O)[C@@H]1OC(C)=O. The Kier molecular flexibility index (Phi) is 15.9. The molecule has 0 aliphatic carbocycles. The maximum absolute atomic E-state index is 12.1. The van der Waals surface area contributed by atoms with Gasteiger partial charge >= 0.3 is 47.8 Å². The second kappa shape index (κ2) is 19.3. The van der Waals surface area contributed by atoms with Gasteiger partial charge in [-0.25, -0.2) is 0 Å². The van der Waals surface area contributed by atoms with Crippen LogP contribution in [-0.2, 0) is 85.7 Å². The second-order valence-corrected chi connectivity index (χ2v) is 10.8. The lowest BCUT2D eigenvalue weighted by atomic mass is 9.97. The van der Waals surface area contributed by atoms with Crippen molar-refractivity contribution < 1.29 is 85.7 Å². The summed E-state index contributed by atoms with van der Waals surface area (Å²) in [7, 11) is 0. The van der Waals surface area contributed by atoms with Crippen molar-refractivity contribution in [2.75, 3.05) is 13.2 Å². The van der Waals surface area contributed by atoms with E-state index in [4.69, 9.17) is 47.4 Å². The summed E-state index contributed by atoms with van der Waals surface area (Å²) in [5, 5.41) is 0. The maximum Gasteiger partial charge on any atom is 0.303 e. The summed E-state index contributed by atoms with van der Waals surface area (Å²) in [5.74, 6) is -6.43. The van der Waals surface area contributed by atoms with E-state index in [1.54, 1.807) is 0 Å². The molecule has 0 saturated carbocycles. The number of carbonyl (C=O) groups is 8. The molecule has 20 heteroatoms. The van der Waals surface area contributed by atoms with Gasteiger partial charge in [0.1, 0.15) is 25.4 Å². The van der Waals surface area contributed by atoms with E-state index in [-0.39, 0.29) is 0 Å². The van der Waals surface area contributed by atoms with Crippen molar-refractivity contribution >= 4 is 60.2 Å². The molecule has 2 fully saturated rings. The van der Waals surface area contributed by atoms with E-state index in [9.17, 15) is 38.4 Å². The summed E-state index contributed by atoms with van der Waals surface area (Å²) in [6.07, 6.45) is -12.2. The van der Waals surface area contributed by atoms with Gasteiger partial charge in [-0.3, -0.25) is 48.3 Å². The first kappa shape index (κ1) is 41.2. The first-order valence-corrected chi connectivity index (χ1v) is 15.0. The van der Waals surface area contributed by atoms with Gasteiger partial charge in [0.05, 0.1) is 0 Å². The summed E-state index contributed by atoms with van der Waals surface area (Å²) in [6.45, 7) is 7.66. The van der Waals surface area contributed by atoms with Gasteiger partial charge in [-0.2, -0.15) is 0 Å². The van der Waals surface area contributed by atoms with E-state index in [2.05, 4.69) is 9.98 Å². The minimum absolute atomic E-state index is 0.483. The summed E-state index contributed by atoms with van der Waals surface area (Å²) in [5.41, 5.74) is 0. The predicted octanol–water partition coefficient (Wildman–Crippen LogP) is -0.706. The van der Waals surface area contributed by atoms with Crippen LogP contribution in [0.25, 0.3) is 0 Å². The smallest absolute Gasteiger partial charge is 0.303 e. The lowest BCUT2D eigenvalue weighted by Crippen LogP contribution is -2.62. The first-order valence-electron chi connectivity index (χ1n) is 15.0. The molecule has 2 aliphatic rings. The van der Waals surface area contributed by atoms with Crippen molar-refractivity contribution in [3.05, 3.63) is 0 Å². The lowest BCUT2D eigenvalue weighted by molar-refractivity contribution is -0.251. The van der Waals surface area contributed by atoms with Gasteiger partial charge in [0.25, 0.3) is 0 Å². The van der Waals surface area contributed by atoms with Crippen LogP contribution in [0.5, 0.6) is 0 Å². The standard InChI is InChI=1S/C30H40N2O18/c1-13(33)41-11-21-23(43-15(3)35)25(45-17(5)37)27(47-19(7)39)29(49-21)31-9-10-32-30-28(48-20(8)40)26(46-18(6)38)24(44-16(4)36)22(50-30)12-42-14(2)34/h9-10,21-30H,11-12H2,1-8H3/b31-9+,32-10?/t21-,22-,23-,24-,25+,26+,27-,28-,29-,30-/m1/s1. The zero-order valence-electron chi connectivity index (χ0n) is 28.6. The highest BCUT2D eigenvalue weighted by atomic mass is 16.7. The Morgan fingerprint density at radius 1 is 0.420 bits per heavy atom. The van der Waals surface area contributed by atoms with Crippen LogP contribution >= 0.6 is 0 Å². The number of rotatable bonds is 13. The van der Waals surface area contributed by atoms with Gasteiger partial charge in [-0.15, -0.1) is 0 Å². The Labute approximate surface area is 286 Å². The topological polar surface area (TPSA) is 254 Å². The average Bonchev–Trinajstić information content (AvgIpc) is 2.97. The molecular formula is C30H40N2O18. The van der Waals surface area contributed by atoms with Gasteiger partial charge in [-0.1, -0.05) is 0 Å². The van der Waals surface area contributed by atoms with Crippen molar-refractivity contribution in [2.24, 2.45) is 9.98 Å². The van der Waals surface area contributed by atoms with Crippen molar-refractivity contribution in [3.8, 4) is 0 Å². The highest BCUT2D eigenvalue weighted by Crippen LogP contribution is 2.31. The highest BCUT2D eigenvalue weighted by molar-refractivity contribution is 6.16. The van der Waals surface area contributed by atoms with Crippen molar-refractivity contribution in [1.29, 1.82) is 0 Å². The molecule has 0 aromatic heterocycles. The van der Waals surface area contributed by atoms with E-state index in [0.29, 0.717) is 0 Å². The molecule has 2 rings (SSSR count). The highest BCUT2D eigenvalue weighted by Gasteiger charge is 2.53. The minimum atomic E-state index is -1.50. The molecule has 0 bridgehead atoms. The fraction of sp³-hybridized carbons (Fsp3) is 0.667. The predicted molar refractivity (Wildman–Crippen MR) is 161 cm³/mol. The molecule has 278 valence electrons. The number of esters is 8. The third-order valence-corrected chi connectivity index (χ3v) is 6.47. The van der Waals surface area contributed by atoms with E-state index < -0.39 is 122 Å². The molecule has 2 heterocycles. The first-order chi connectivity index (χ1) is 23.4. The quantitative estimate of drug-likeness (QED) is 0.130. The molecule has 10 atom stereocenters. The fourth-order valence-corrected chi connectivity index (χ4v) is 4.90. The van der Waals surface area contributed by atoms with Crippen LogP contribution < -0.4 is 0 Å². The monoisotopic (exact) mass is 716 g/mol. The number of ether oxygens (including phenoxy) is 10. The van der Waals surface area contributed by atoms with Crippen LogP contribution in [0.4, 0.5) is 0 Å². The van der Waals surface area contributed by atoms with E-state index in [1.807, 2.05) is 0 Å². The number of aliphatic imine (C=N–C) groups is 2. The van der Waals surface area contributed by atoms with Gasteiger partial charge in [0, 0.05) is 67.8 Å². The lowest BCUT2D eigenvalue weighted by Gasteiger charge is -2.43. The van der Waals surface area contributed by atoms with Crippen molar-refractivity contribution in [3.63, 3.8) is 0 Å². The zero-order chi connectivity index (χ0) is 37.7. The molecule has 2 aliphatic heterocycles. The van der Waals surface area contributed by atoms with Gasteiger partial charge in [-0.05, 0) is 0 Å². The third kappa shape index (κ3) is 13.1. The number of hydrogen-bond acceptors (Lipinski definition) is 20. The van der Waals surface area contributed by atoms with Gasteiger partial charge in [0.15, 0.2) is 49.1 Å². The molecule has 2 saturated heterocycles. The van der Waals surface area contributed by atoms with Crippen LogP contribution in [-0.4, -0.2) is 135 Å². The molecule has 0 aromatic rings. The Balaban J connectivity index is 2.54. The molecule has 0 amide bonds. The van der Waals surface area contributed by atoms with Crippen LogP contribution in [0.1, 0.15) is 55.4 Å². The summed E-state index contributed by atoms with van der Waals surface area (Å²) in [4.78, 5) is 104. The largest absolute Gasteiger partial charge is 0.463 e.